The zero-order chi connectivity index (χ0) is 18.2. The van der Waals surface area contributed by atoms with Crippen molar-refractivity contribution in [2.75, 3.05) is 19.6 Å². The van der Waals surface area contributed by atoms with Gasteiger partial charge in [0.2, 0.25) is 0 Å². The van der Waals surface area contributed by atoms with Crippen LogP contribution in [0.3, 0.4) is 0 Å². The highest BCUT2D eigenvalue weighted by molar-refractivity contribution is 5.79. The van der Waals surface area contributed by atoms with E-state index < -0.39 is 0 Å². The maximum Gasteiger partial charge on any atom is 0.191 e. The van der Waals surface area contributed by atoms with Gasteiger partial charge in [0.15, 0.2) is 5.96 Å². The van der Waals surface area contributed by atoms with Crippen LogP contribution in [0.1, 0.15) is 31.7 Å². The smallest absolute Gasteiger partial charge is 0.191 e. The van der Waals surface area contributed by atoms with Crippen LogP contribution in [0, 0.1) is 5.92 Å². The molecule has 2 aromatic rings. The number of benzene rings is 1. The van der Waals surface area contributed by atoms with Crippen molar-refractivity contribution in [2.45, 2.75) is 38.7 Å². The molecule has 6 nitrogen and oxygen atoms in total. The van der Waals surface area contributed by atoms with Crippen molar-refractivity contribution < 1.29 is 5.11 Å². The Labute approximate surface area is 155 Å². The Kier molecular flexibility index (Phi) is 6.66. The summed E-state index contributed by atoms with van der Waals surface area (Å²) in [6.07, 6.45) is 7.57. The summed E-state index contributed by atoms with van der Waals surface area (Å²) in [6.45, 7) is 4.41. The molecule has 0 aliphatic heterocycles. The van der Waals surface area contributed by atoms with Gasteiger partial charge in [-0.2, -0.15) is 5.10 Å². The van der Waals surface area contributed by atoms with Crippen molar-refractivity contribution in [1.29, 1.82) is 0 Å². The lowest BCUT2D eigenvalue weighted by molar-refractivity contribution is 0.136. The van der Waals surface area contributed by atoms with Crippen LogP contribution in [0.2, 0.25) is 0 Å². The van der Waals surface area contributed by atoms with Crippen LogP contribution < -0.4 is 10.6 Å². The fourth-order valence-corrected chi connectivity index (χ4v) is 3.34. The van der Waals surface area contributed by atoms with Crippen LogP contribution in [-0.2, 0) is 6.42 Å². The number of nitrogens with zero attached hydrogens (tertiary/aromatic N) is 3. The van der Waals surface area contributed by atoms with E-state index in [1.54, 1.807) is 6.20 Å². The molecular formula is C20H29N5O. The summed E-state index contributed by atoms with van der Waals surface area (Å²) >= 11 is 0. The second-order valence-corrected chi connectivity index (χ2v) is 6.77. The summed E-state index contributed by atoms with van der Waals surface area (Å²) in [7, 11) is 0. The Morgan fingerprint density at radius 2 is 2.12 bits per heavy atom. The molecule has 3 N–H and O–H groups in total. The van der Waals surface area contributed by atoms with Crippen molar-refractivity contribution >= 4 is 5.96 Å². The van der Waals surface area contributed by atoms with E-state index in [2.05, 4.69) is 51.9 Å². The van der Waals surface area contributed by atoms with Gasteiger partial charge in [0, 0.05) is 37.9 Å². The molecule has 1 fully saturated rings. The number of guanidine groups is 1. The molecule has 1 aromatic carbocycles. The van der Waals surface area contributed by atoms with E-state index in [1.165, 1.54) is 5.56 Å². The largest absolute Gasteiger partial charge is 0.393 e. The summed E-state index contributed by atoms with van der Waals surface area (Å²) in [4.78, 5) is 4.65. The molecular weight excluding hydrogens is 326 g/mol. The SMILES string of the molecule is CCNC(=NCC1CCCC1O)NCCc1ccc(-n2cccn2)cc1. The molecule has 1 saturated carbocycles. The fraction of sp³-hybridized carbons (Fsp3) is 0.500. The van der Waals surface area contributed by atoms with Crippen molar-refractivity contribution in [1.82, 2.24) is 20.4 Å². The number of aliphatic hydroxyl groups is 1. The van der Waals surface area contributed by atoms with Crippen LogP contribution in [0.4, 0.5) is 0 Å². The quantitative estimate of drug-likeness (QED) is 0.525. The summed E-state index contributed by atoms with van der Waals surface area (Å²) in [6, 6.07) is 10.4. The van der Waals surface area contributed by atoms with E-state index in [0.717, 1.165) is 50.4 Å². The predicted molar refractivity (Wildman–Crippen MR) is 105 cm³/mol. The Hall–Kier alpha value is -2.34. The van der Waals surface area contributed by atoms with E-state index in [9.17, 15) is 5.11 Å². The fourth-order valence-electron chi connectivity index (χ4n) is 3.34. The van der Waals surface area contributed by atoms with Gasteiger partial charge in [-0.15, -0.1) is 0 Å². The third kappa shape index (κ3) is 5.08. The lowest BCUT2D eigenvalue weighted by Crippen LogP contribution is -2.39. The number of hydrogen-bond donors (Lipinski definition) is 3. The number of aromatic nitrogens is 2. The number of nitrogens with one attached hydrogen (secondary N) is 2. The monoisotopic (exact) mass is 355 g/mol. The van der Waals surface area contributed by atoms with Gasteiger partial charge in [0.25, 0.3) is 0 Å². The molecule has 1 heterocycles. The van der Waals surface area contributed by atoms with E-state index in [-0.39, 0.29) is 6.10 Å². The van der Waals surface area contributed by atoms with E-state index in [4.69, 9.17) is 0 Å². The Morgan fingerprint density at radius 3 is 2.77 bits per heavy atom. The van der Waals surface area contributed by atoms with E-state index >= 15 is 0 Å². The average molecular weight is 355 g/mol. The third-order valence-electron chi connectivity index (χ3n) is 4.86. The summed E-state index contributed by atoms with van der Waals surface area (Å²) in [5.74, 6) is 1.14. The Morgan fingerprint density at radius 1 is 1.27 bits per heavy atom. The molecule has 0 spiro atoms. The van der Waals surface area contributed by atoms with Gasteiger partial charge >= 0.3 is 0 Å². The molecule has 0 bridgehead atoms. The lowest BCUT2D eigenvalue weighted by atomic mass is 10.1. The highest BCUT2D eigenvalue weighted by atomic mass is 16.3. The lowest BCUT2D eigenvalue weighted by Gasteiger charge is -2.15. The first-order valence-corrected chi connectivity index (χ1v) is 9.55. The predicted octanol–water partition coefficient (Wildman–Crippen LogP) is 2.13. The van der Waals surface area contributed by atoms with Gasteiger partial charge in [-0.25, -0.2) is 4.68 Å². The minimum atomic E-state index is -0.185. The molecule has 26 heavy (non-hydrogen) atoms. The first-order chi connectivity index (χ1) is 12.8. The molecule has 0 radical (unpaired) electrons. The first kappa shape index (κ1) is 18.5. The normalized spacial score (nSPS) is 20.3. The van der Waals surface area contributed by atoms with Crippen LogP contribution in [0.25, 0.3) is 5.69 Å². The highest BCUT2D eigenvalue weighted by Crippen LogP contribution is 2.25. The molecule has 140 valence electrons. The molecule has 1 aromatic heterocycles. The van der Waals surface area contributed by atoms with Crippen molar-refractivity contribution in [3.63, 3.8) is 0 Å². The number of aliphatic imine (C=N–C) groups is 1. The van der Waals surface area contributed by atoms with E-state index in [1.807, 2.05) is 16.9 Å². The summed E-state index contributed by atoms with van der Waals surface area (Å²) in [5.41, 5.74) is 2.34. The van der Waals surface area contributed by atoms with Gasteiger partial charge < -0.3 is 15.7 Å². The molecule has 0 amide bonds. The molecule has 0 saturated heterocycles. The molecule has 2 unspecified atom stereocenters. The van der Waals surface area contributed by atoms with Crippen LogP contribution >= 0.6 is 0 Å². The number of hydrogen-bond acceptors (Lipinski definition) is 3. The molecule has 1 aliphatic rings. The minimum Gasteiger partial charge on any atom is -0.393 e. The Bertz CT molecular complexity index is 681. The second kappa shape index (κ2) is 9.38. The van der Waals surface area contributed by atoms with Crippen LogP contribution in [0.15, 0.2) is 47.7 Å². The third-order valence-corrected chi connectivity index (χ3v) is 4.86. The van der Waals surface area contributed by atoms with Gasteiger partial charge in [-0.05, 0) is 49.9 Å². The van der Waals surface area contributed by atoms with Gasteiger partial charge in [-0.1, -0.05) is 18.6 Å². The Balaban J connectivity index is 1.48. The van der Waals surface area contributed by atoms with Crippen LogP contribution in [-0.4, -0.2) is 46.6 Å². The average Bonchev–Trinajstić information content (AvgIpc) is 3.32. The highest BCUT2D eigenvalue weighted by Gasteiger charge is 2.24. The topological polar surface area (TPSA) is 74.5 Å². The number of aliphatic hydroxyl groups excluding tert-OH is 1. The summed E-state index contributed by atoms with van der Waals surface area (Å²) in [5, 5.41) is 20.8. The maximum atomic E-state index is 9.93. The first-order valence-electron chi connectivity index (χ1n) is 9.55. The second-order valence-electron chi connectivity index (χ2n) is 6.77. The van der Waals surface area contributed by atoms with Gasteiger partial charge in [0.05, 0.1) is 11.8 Å². The zero-order valence-corrected chi connectivity index (χ0v) is 15.4. The molecule has 2 atom stereocenters. The summed E-state index contributed by atoms with van der Waals surface area (Å²) < 4.78 is 1.86. The molecule has 6 heteroatoms. The standard InChI is InChI=1S/C20H29N5O/c1-2-21-20(23-15-17-5-3-6-19(17)26)22-13-11-16-7-9-18(10-8-16)25-14-4-12-24-25/h4,7-10,12,14,17,19,26H,2-3,5-6,11,13,15H2,1H3,(H2,21,22,23). The minimum absolute atomic E-state index is 0.185. The molecule has 1 aliphatic carbocycles. The van der Waals surface area contributed by atoms with Crippen molar-refractivity contribution in [2.24, 2.45) is 10.9 Å². The van der Waals surface area contributed by atoms with Crippen molar-refractivity contribution in [3.05, 3.63) is 48.3 Å². The van der Waals surface area contributed by atoms with Gasteiger partial charge in [0.1, 0.15) is 0 Å². The van der Waals surface area contributed by atoms with Crippen molar-refractivity contribution in [3.8, 4) is 5.69 Å². The van der Waals surface area contributed by atoms with Crippen LogP contribution in [0.5, 0.6) is 0 Å². The number of rotatable bonds is 7. The van der Waals surface area contributed by atoms with E-state index in [0.29, 0.717) is 12.5 Å². The van der Waals surface area contributed by atoms with Gasteiger partial charge in [-0.3, -0.25) is 4.99 Å². The molecule has 3 rings (SSSR count). The zero-order valence-electron chi connectivity index (χ0n) is 15.4. The maximum absolute atomic E-state index is 9.93.